The number of fused-ring (bicyclic) bond motifs is 1. The van der Waals surface area contributed by atoms with E-state index in [-0.39, 0.29) is 16.9 Å². The molecule has 0 aliphatic heterocycles. The van der Waals surface area contributed by atoms with Crippen molar-refractivity contribution in [3.8, 4) is 11.9 Å². The zero-order chi connectivity index (χ0) is 24.7. The number of rotatable bonds is 8. The van der Waals surface area contributed by atoms with Crippen molar-refractivity contribution in [2.75, 3.05) is 13.7 Å². The maximum absolute atomic E-state index is 13.0. The van der Waals surface area contributed by atoms with Crippen LogP contribution in [0.5, 0.6) is 5.88 Å². The van der Waals surface area contributed by atoms with E-state index in [2.05, 4.69) is 21.1 Å². The van der Waals surface area contributed by atoms with Crippen LogP contribution in [0.15, 0.2) is 47.4 Å². The van der Waals surface area contributed by atoms with Crippen LogP contribution in [-0.4, -0.2) is 33.9 Å². The van der Waals surface area contributed by atoms with Gasteiger partial charge in [-0.3, -0.25) is 14.3 Å². The molecule has 2 heterocycles. The van der Waals surface area contributed by atoms with Gasteiger partial charge < -0.3 is 14.6 Å². The number of pyridine rings is 2. The molecule has 0 bridgehead atoms. The van der Waals surface area contributed by atoms with Gasteiger partial charge in [-0.05, 0) is 49.7 Å². The number of aryl methyl sites for hydroxylation is 1. The van der Waals surface area contributed by atoms with Gasteiger partial charge in [0.25, 0.3) is 11.5 Å². The van der Waals surface area contributed by atoms with E-state index in [1.54, 1.807) is 61.6 Å². The number of hydrogen-bond acceptors (Lipinski definition) is 7. The molecule has 1 aromatic carbocycles. The molecule has 1 amide bonds. The van der Waals surface area contributed by atoms with Crippen LogP contribution in [0.4, 0.5) is 0 Å². The van der Waals surface area contributed by atoms with Gasteiger partial charge >= 0.3 is 0 Å². The number of hydrogen-bond donors (Lipinski definition) is 2. The normalized spacial score (nSPS) is 13.4. The molecule has 1 saturated carbocycles. The smallest absolute Gasteiger partial charge is 0.263 e. The molecule has 0 unspecified atom stereocenters. The Kier molecular flexibility index (Phi) is 8.31. The van der Waals surface area contributed by atoms with Crippen LogP contribution in [0.3, 0.4) is 0 Å². The van der Waals surface area contributed by atoms with Crippen molar-refractivity contribution < 1.29 is 9.53 Å². The summed E-state index contributed by atoms with van der Waals surface area (Å²) >= 11 is 1.65. The molecule has 8 nitrogen and oxygen atoms in total. The summed E-state index contributed by atoms with van der Waals surface area (Å²) in [4.78, 5) is 30.0. The van der Waals surface area contributed by atoms with E-state index in [1.165, 1.54) is 4.57 Å². The second kappa shape index (κ2) is 11.2. The Morgan fingerprint density at radius 2 is 1.97 bits per heavy atom. The highest BCUT2D eigenvalue weighted by Gasteiger charge is 2.44. The van der Waals surface area contributed by atoms with E-state index in [9.17, 15) is 9.59 Å². The van der Waals surface area contributed by atoms with E-state index in [4.69, 9.17) is 10.00 Å². The van der Waals surface area contributed by atoms with Crippen molar-refractivity contribution in [1.82, 2.24) is 19.6 Å². The van der Waals surface area contributed by atoms with E-state index in [1.807, 2.05) is 20.9 Å². The first-order chi connectivity index (χ1) is 16.5. The first-order valence-electron chi connectivity index (χ1n) is 11.2. The van der Waals surface area contributed by atoms with Crippen molar-refractivity contribution in [3.63, 3.8) is 0 Å². The number of nitrogens with zero attached hydrogens (tertiary/aromatic N) is 3. The van der Waals surface area contributed by atoms with Crippen molar-refractivity contribution in [2.45, 2.75) is 38.0 Å². The van der Waals surface area contributed by atoms with Gasteiger partial charge in [0.05, 0.1) is 16.4 Å². The van der Waals surface area contributed by atoms with Gasteiger partial charge in [0.15, 0.2) is 0 Å². The summed E-state index contributed by atoms with van der Waals surface area (Å²) in [5.74, 6) is -0.0758. The monoisotopic (exact) mass is 479 g/mol. The molecule has 178 valence electrons. The number of carbonyl (C=O) groups is 1. The topological polar surface area (TPSA) is 109 Å². The molecule has 4 rings (SSSR count). The fourth-order valence-corrected chi connectivity index (χ4v) is 4.33. The average molecular weight is 480 g/mol. The lowest BCUT2D eigenvalue weighted by Crippen LogP contribution is -2.32. The predicted molar refractivity (Wildman–Crippen MR) is 135 cm³/mol. The van der Waals surface area contributed by atoms with E-state index >= 15 is 0 Å². The lowest BCUT2D eigenvalue weighted by molar-refractivity contribution is 0.0949. The largest absolute Gasteiger partial charge is 0.475 e. The second-order valence-electron chi connectivity index (χ2n) is 7.75. The number of ether oxygens (including phenoxy) is 1. The Bertz CT molecular complexity index is 1260. The van der Waals surface area contributed by atoms with Gasteiger partial charge in [0.1, 0.15) is 17.7 Å². The number of amides is 1. The standard InChI is InChI=1S/C23H23N5O3S.C2H6/c1-25-32-23(8-9-23)14-31-21-19-17(7-10-26-21)11-18(22(30)28(19)2)20(29)27-13-16-5-3-15(12-24)4-6-16;1-2/h3-7,10-11,25H,8-9,13-14H2,1-2H3,(H,27,29);1-2H3. The average Bonchev–Trinajstić information content (AvgIpc) is 3.64. The first kappa shape index (κ1) is 25.3. The third-order valence-corrected chi connectivity index (χ3v) is 6.63. The highest BCUT2D eigenvalue weighted by atomic mass is 32.2. The summed E-state index contributed by atoms with van der Waals surface area (Å²) in [5.41, 5.74) is 1.58. The van der Waals surface area contributed by atoms with Gasteiger partial charge in [-0.2, -0.15) is 5.26 Å². The van der Waals surface area contributed by atoms with Gasteiger partial charge in [-0.25, -0.2) is 4.98 Å². The molecule has 0 atom stereocenters. The first-order valence-corrected chi connectivity index (χ1v) is 12.0. The molecule has 34 heavy (non-hydrogen) atoms. The van der Waals surface area contributed by atoms with Crippen molar-refractivity contribution in [1.29, 1.82) is 5.26 Å². The summed E-state index contributed by atoms with van der Waals surface area (Å²) in [5, 5.41) is 12.4. The lowest BCUT2D eigenvalue weighted by atomic mass is 10.1. The SMILES string of the molecule is CC.CNSC1(COc2nccc3cc(C(=O)NCc4ccc(C#N)cc4)c(=O)n(C)c23)CC1. The highest BCUT2D eigenvalue weighted by Crippen LogP contribution is 2.47. The fraction of sp³-hybridized carbons (Fsp3) is 0.360. The van der Waals surface area contributed by atoms with Gasteiger partial charge in [-0.15, -0.1) is 0 Å². The van der Waals surface area contributed by atoms with E-state index < -0.39 is 11.5 Å². The summed E-state index contributed by atoms with van der Waals surface area (Å²) in [7, 11) is 3.50. The summed E-state index contributed by atoms with van der Waals surface area (Å²) < 4.78 is 10.6. The van der Waals surface area contributed by atoms with Crippen LogP contribution in [0.25, 0.3) is 10.9 Å². The Balaban J connectivity index is 0.00000158. The van der Waals surface area contributed by atoms with Gasteiger partial charge in [-0.1, -0.05) is 37.9 Å². The molecule has 2 aromatic heterocycles. The van der Waals surface area contributed by atoms with Crippen LogP contribution in [-0.2, 0) is 13.6 Å². The van der Waals surface area contributed by atoms with Crippen LogP contribution >= 0.6 is 11.9 Å². The van der Waals surface area contributed by atoms with Crippen molar-refractivity contribution in [3.05, 3.63) is 69.6 Å². The molecular formula is C25H29N5O3S. The summed E-state index contributed by atoms with van der Waals surface area (Å²) in [6.07, 6.45) is 3.74. The number of nitrogens with one attached hydrogen (secondary N) is 2. The molecular weight excluding hydrogens is 450 g/mol. The molecule has 1 fully saturated rings. The second-order valence-corrected chi connectivity index (χ2v) is 9.22. The minimum absolute atomic E-state index is 0.0444. The van der Waals surface area contributed by atoms with E-state index in [0.29, 0.717) is 29.0 Å². The molecule has 3 aromatic rings. The maximum atomic E-state index is 13.0. The third kappa shape index (κ3) is 5.58. The van der Waals surface area contributed by atoms with Crippen LogP contribution < -0.4 is 20.3 Å². The number of aromatic nitrogens is 2. The zero-order valence-electron chi connectivity index (χ0n) is 19.8. The molecule has 0 spiro atoms. The maximum Gasteiger partial charge on any atom is 0.263 e. The third-order valence-electron chi connectivity index (χ3n) is 5.47. The number of nitriles is 1. The zero-order valence-corrected chi connectivity index (χ0v) is 20.7. The molecule has 0 saturated heterocycles. The Hall–Kier alpha value is -3.35. The van der Waals surface area contributed by atoms with Crippen LogP contribution in [0, 0.1) is 11.3 Å². The van der Waals surface area contributed by atoms with Crippen LogP contribution in [0.1, 0.15) is 48.2 Å². The molecule has 1 aliphatic rings. The summed E-state index contributed by atoms with van der Waals surface area (Å²) in [6.45, 7) is 4.74. The quantitative estimate of drug-likeness (QED) is 0.476. The minimum atomic E-state index is -0.460. The lowest BCUT2D eigenvalue weighted by Gasteiger charge is -2.17. The van der Waals surface area contributed by atoms with Crippen molar-refractivity contribution in [2.24, 2.45) is 7.05 Å². The molecule has 0 radical (unpaired) electrons. The predicted octanol–water partition coefficient (Wildman–Crippen LogP) is 3.54. The van der Waals surface area contributed by atoms with Gasteiger partial charge in [0, 0.05) is 25.2 Å². The fourth-order valence-electron chi connectivity index (χ4n) is 3.48. The Morgan fingerprint density at radius 1 is 1.26 bits per heavy atom. The highest BCUT2D eigenvalue weighted by molar-refractivity contribution is 7.99. The molecule has 9 heteroatoms. The Morgan fingerprint density at radius 3 is 2.59 bits per heavy atom. The number of carbonyl (C=O) groups excluding carboxylic acids is 1. The molecule has 2 N–H and O–H groups in total. The van der Waals surface area contributed by atoms with Crippen molar-refractivity contribution >= 4 is 28.8 Å². The Labute approximate surface area is 203 Å². The van der Waals surface area contributed by atoms with Crippen LogP contribution in [0.2, 0.25) is 0 Å². The summed E-state index contributed by atoms with van der Waals surface area (Å²) in [6, 6.07) is 12.3. The number of benzene rings is 1. The molecule has 1 aliphatic carbocycles. The van der Waals surface area contributed by atoms with E-state index in [0.717, 1.165) is 18.4 Å². The minimum Gasteiger partial charge on any atom is -0.475 e. The van der Waals surface area contributed by atoms with Gasteiger partial charge in [0.2, 0.25) is 5.88 Å².